The molecule has 0 aliphatic carbocycles. The number of aliphatic carboxylic acids is 1. The van der Waals surface area contributed by atoms with Crippen molar-refractivity contribution in [2.24, 2.45) is 0 Å². The van der Waals surface area contributed by atoms with E-state index >= 15 is 0 Å². The second-order valence-electron chi connectivity index (χ2n) is 7.18. The fourth-order valence-electron chi connectivity index (χ4n) is 3.23. The standard InChI is InChI=1S/C24H27BrO4/c1-5-18(15(2)3)23(26)19-12-14-20(22(25)16(19)4)29-21(24(27)28)13-11-17-9-7-6-8-10-17/h6-10,12,14,21H,5,11,13H2,1-4H3,(H,27,28). The normalized spacial score (nSPS) is 11.6. The summed E-state index contributed by atoms with van der Waals surface area (Å²) in [6, 6.07) is 13.1. The molecule has 0 aromatic heterocycles. The molecule has 0 amide bonds. The molecule has 1 atom stereocenters. The number of aryl methyl sites for hydroxylation is 1. The van der Waals surface area contributed by atoms with Crippen LogP contribution in [-0.4, -0.2) is 23.0 Å². The first-order valence-corrected chi connectivity index (χ1v) is 10.5. The summed E-state index contributed by atoms with van der Waals surface area (Å²) in [6.07, 6.45) is 0.641. The molecular weight excluding hydrogens is 432 g/mol. The summed E-state index contributed by atoms with van der Waals surface area (Å²) in [6.45, 7) is 7.67. The number of carboxylic acid groups (broad SMARTS) is 1. The maximum Gasteiger partial charge on any atom is 0.344 e. The number of hydrogen-bond donors (Lipinski definition) is 1. The Kier molecular flexibility index (Phi) is 8.21. The van der Waals surface area contributed by atoms with Crippen molar-refractivity contribution in [1.29, 1.82) is 0 Å². The van der Waals surface area contributed by atoms with Crippen LogP contribution in [0.15, 0.2) is 58.1 Å². The Morgan fingerprint density at radius 1 is 1.10 bits per heavy atom. The van der Waals surface area contributed by atoms with Gasteiger partial charge >= 0.3 is 5.97 Å². The minimum absolute atomic E-state index is 0.00360. The van der Waals surface area contributed by atoms with Crippen LogP contribution in [0.5, 0.6) is 5.75 Å². The molecule has 0 saturated carbocycles. The molecule has 0 aliphatic rings. The summed E-state index contributed by atoms with van der Waals surface area (Å²) in [5, 5.41) is 9.58. The first-order chi connectivity index (χ1) is 13.8. The zero-order valence-corrected chi connectivity index (χ0v) is 18.9. The molecule has 0 fully saturated rings. The lowest BCUT2D eigenvalue weighted by Crippen LogP contribution is -2.28. The minimum atomic E-state index is -1.01. The highest BCUT2D eigenvalue weighted by Crippen LogP contribution is 2.33. The van der Waals surface area contributed by atoms with Crippen molar-refractivity contribution in [3.8, 4) is 5.75 Å². The van der Waals surface area contributed by atoms with Gasteiger partial charge in [0.25, 0.3) is 0 Å². The largest absolute Gasteiger partial charge is 0.479 e. The van der Waals surface area contributed by atoms with E-state index in [1.54, 1.807) is 12.1 Å². The van der Waals surface area contributed by atoms with Crippen LogP contribution >= 0.6 is 15.9 Å². The van der Waals surface area contributed by atoms with Crippen LogP contribution in [0.3, 0.4) is 0 Å². The monoisotopic (exact) mass is 458 g/mol. The molecule has 0 heterocycles. The summed E-state index contributed by atoms with van der Waals surface area (Å²) in [5.41, 5.74) is 4.19. The van der Waals surface area contributed by atoms with Crippen molar-refractivity contribution < 1.29 is 19.4 Å². The zero-order valence-electron chi connectivity index (χ0n) is 17.3. The van der Waals surface area contributed by atoms with E-state index in [0.29, 0.717) is 35.0 Å². The molecule has 1 N–H and O–H groups in total. The fourth-order valence-corrected chi connectivity index (χ4v) is 3.67. The highest BCUT2D eigenvalue weighted by atomic mass is 79.9. The Morgan fingerprint density at radius 2 is 1.76 bits per heavy atom. The highest BCUT2D eigenvalue weighted by Gasteiger charge is 2.23. The van der Waals surface area contributed by atoms with Gasteiger partial charge in [0.2, 0.25) is 0 Å². The summed E-state index contributed by atoms with van der Waals surface area (Å²) < 4.78 is 6.42. The van der Waals surface area contributed by atoms with Crippen molar-refractivity contribution >= 4 is 27.7 Å². The Balaban J connectivity index is 2.23. The average Bonchev–Trinajstić information content (AvgIpc) is 2.69. The van der Waals surface area contributed by atoms with E-state index in [4.69, 9.17) is 4.74 Å². The van der Waals surface area contributed by atoms with Crippen LogP contribution in [0.2, 0.25) is 0 Å². The number of carbonyl (C=O) groups excluding carboxylic acids is 1. The van der Waals surface area contributed by atoms with E-state index in [-0.39, 0.29) is 5.78 Å². The molecule has 5 heteroatoms. The van der Waals surface area contributed by atoms with Gasteiger partial charge in [-0.25, -0.2) is 4.79 Å². The number of carbonyl (C=O) groups is 2. The first-order valence-electron chi connectivity index (χ1n) is 9.69. The summed E-state index contributed by atoms with van der Waals surface area (Å²) in [7, 11) is 0. The van der Waals surface area contributed by atoms with Gasteiger partial charge in [0.15, 0.2) is 11.9 Å². The van der Waals surface area contributed by atoms with Crippen molar-refractivity contribution in [3.63, 3.8) is 0 Å². The Hall–Kier alpha value is -2.40. The zero-order chi connectivity index (χ0) is 21.6. The summed E-state index contributed by atoms with van der Waals surface area (Å²) in [4.78, 5) is 24.6. The van der Waals surface area contributed by atoms with E-state index in [9.17, 15) is 14.7 Å². The summed E-state index contributed by atoms with van der Waals surface area (Å²) in [5.74, 6) is -0.589. The van der Waals surface area contributed by atoms with Gasteiger partial charge in [0, 0.05) is 5.56 Å². The van der Waals surface area contributed by atoms with Gasteiger partial charge in [-0.2, -0.15) is 0 Å². The molecule has 2 rings (SSSR count). The van der Waals surface area contributed by atoms with Gasteiger partial charge < -0.3 is 9.84 Å². The highest BCUT2D eigenvalue weighted by molar-refractivity contribution is 9.10. The van der Waals surface area contributed by atoms with Crippen LogP contribution < -0.4 is 4.74 Å². The van der Waals surface area contributed by atoms with E-state index in [0.717, 1.165) is 22.3 Å². The van der Waals surface area contributed by atoms with E-state index < -0.39 is 12.1 Å². The lowest BCUT2D eigenvalue weighted by Gasteiger charge is -2.18. The van der Waals surface area contributed by atoms with Crippen LogP contribution in [-0.2, 0) is 11.2 Å². The van der Waals surface area contributed by atoms with Gasteiger partial charge in [-0.15, -0.1) is 0 Å². The van der Waals surface area contributed by atoms with Crippen LogP contribution in [0, 0.1) is 6.92 Å². The molecule has 0 radical (unpaired) electrons. The molecule has 2 aromatic rings. The molecule has 4 nitrogen and oxygen atoms in total. The van der Waals surface area contributed by atoms with Crippen molar-refractivity contribution in [3.05, 3.63) is 74.8 Å². The van der Waals surface area contributed by atoms with Gasteiger partial charge in [-0.3, -0.25) is 4.79 Å². The van der Waals surface area contributed by atoms with Gasteiger partial charge in [-0.05, 0) is 84.8 Å². The van der Waals surface area contributed by atoms with Crippen molar-refractivity contribution in [2.45, 2.75) is 53.1 Å². The third-order valence-corrected chi connectivity index (χ3v) is 5.89. The Labute approximate surface area is 180 Å². The number of allylic oxidation sites excluding steroid dienone is 2. The van der Waals surface area contributed by atoms with Crippen molar-refractivity contribution in [2.75, 3.05) is 0 Å². The SMILES string of the molecule is CCC(C(=O)c1ccc(OC(CCc2ccccc2)C(=O)O)c(Br)c1C)=C(C)C. The number of ether oxygens (including phenoxy) is 1. The molecule has 0 saturated heterocycles. The van der Waals surface area contributed by atoms with Gasteiger partial charge in [0.1, 0.15) is 5.75 Å². The van der Waals surface area contributed by atoms with Gasteiger partial charge in [-0.1, -0.05) is 42.8 Å². The molecule has 154 valence electrons. The van der Waals surface area contributed by atoms with Crippen molar-refractivity contribution in [1.82, 2.24) is 0 Å². The van der Waals surface area contributed by atoms with Gasteiger partial charge in [0.05, 0.1) is 4.47 Å². The van der Waals surface area contributed by atoms with E-state index in [2.05, 4.69) is 15.9 Å². The minimum Gasteiger partial charge on any atom is -0.479 e. The maximum absolute atomic E-state index is 12.9. The molecule has 0 bridgehead atoms. The summed E-state index contributed by atoms with van der Waals surface area (Å²) >= 11 is 3.49. The molecule has 0 aliphatic heterocycles. The lowest BCUT2D eigenvalue weighted by atomic mass is 9.94. The number of carboxylic acids is 1. The number of Topliss-reactive ketones (excluding diaryl/α,β-unsaturated/α-hetero) is 1. The lowest BCUT2D eigenvalue weighted by molar-refractivity contribution is -0.145. The predicted molar refractivity (Wildman–Crippen MR) is 119 cm³/mol. The number of ketones is 1. The molecule has 1 unspecified atom stereocenters. The van der Waals surface area contributed by atoms with Crippen LogP contribution in [0.4, 0.5) is 0 Å². The van der Waals surface area contributed by atoms with E-state index in [1.807, 2.05) is 58.0 Å². The number of benzene rings is 2. The van der Waals surface area contributed by atoms with E-state index in [1.165, 1.54) is 0 Å². The fraction of sp³-hybridized carbons (Fsp3) is 0.333. The Morgan fingerprint density at radius 3 is 2.31 bits per heavy atom. The second kappa shape index (κ2) is 10.4. The molecule has 2 aromatic carbocycles. The molecule has 0 spiro atoms. The third-order valence-electron chi connectivity index (χ3n) is 4.91. The first kappa shape index (κ1) is 22.9. The second-order valence-corrected chi connectivity index (χ2v) is 7.97. The van der Waals surface area contributed by atoms with Crippen LogP contribution in [0.1, 0.15) is 55.1 Å². The number of rotatable bonds is 9. The molecular formula is C24H27BrO4. The maximum atomic E-state index is 12.9. The number of halogens is 1. The van der Waals surface area contributed by atoms with Crippen LogP contribution in [0.25, 0.3) is 0 Å². The topological polar surface area (TPSA) is 63.6 Å². The molecule has 29 heavy (non-hydrogen) atoms. The quantitative estimate of drug-likeness (QED) is 0.361. The average molecular weight is 459 g/mol. The predicted octanol–water partition coefficient (Wildman–Crippen LogP) is 6.15. The Bertz CT molecular complexity index is 912. The number of hydrogen-bond acceptors (Lipinski definition) is 3. The smallest absolute Gasteiger partial charge is 0.344 e. The third kappa shape index (κ3) is 5.80.